The van der Waals surface area contributed by atoms with Crippen molar-refractivity contribution in [3.05, 3.63) is 37.0 Å². The number of nitrogens with zero attached hydrogens (tertiary/aromatic N) is 2. The maximum Gasteiger partial charge on any atom is 0.0650 e. The van der Waals surface area contributed by atoms with E-state index in [4.69, 9.17) is 11.8 Å². The van der Waals surface area contributed by atoms with E-state index >= 15 is 0 Å². The fourth-order valence-electron chi connectivity index (χ4n) is 0.883. The molecule has 2 rings (SSSR count). The molecule has 0 aliphatic heterocycles. The van der Waals surface area contributed by atoms with Gasteiger partial charge in [0.05, 0.1) is 11.7 Å². The van der Waals surface area contributed by atoms with Crippen LogP contribution in [0, 0.1) is 11.8 Å². The normalized spacial score (nSPS) is 8.55. The number of benzene rings is 1. The Morgan fingerprint density at radius 2 is 2.00 bits per heavy atom. The second-order valence-corrected chi connectivity index (χ2v) is 1.96. The van der Waals surface area contributed by atoms with Gasteiger partial charge in [-0.3, -0.25) is 5.10 Å². The van der Waals surface area contributed by atoms with Gasteiger partial charge in [-0.2, -0.15) is 5.10 Å². The van der Waals surface area contributed by atoms with Gasteiger partial charge < -0.3 is 11.8 Å². The molecule has 1 heterocycles. The number of H-pyrrole nitrogens is 1. The Bertz CT molecular complexity index is 318. The largest absolute Gasteiger partial charge is 0.512 e. The molecular formula is C8H6N3-. The van der Waals surface area contributed by atoms with Crippen molar-refractivity contribution in [1.29, 1.82) is 5.26 Å². The van der Waals surface area contributed by atoms with Gasteiger partial charge in [0.15, 0.2) is 0 Å². The molecule has 3 nitrogen and oxygen atoms in total. The molecule has 0 unspecified atom stereocenters. The SMILES string of the molecule is [C-]#N.c1ccc2[nH]ncc2c1. The van der Waals surface area contributed by atoms with E-state index < -0.39 is 0 Å². The molecule has 0 saturated heterocycles. The highest BCUT2D eigenvalue weighted by atomic mass is 15.1. The van der Waals surface area contributed by atoms with Gasteiger partial charge in [-0.25, -0.2) is 0 Å². The number of rotatable bonds is 0. The van der Waals surface area contributed by atoms with Crippen molar-refractivity contribution >= 4 is 10.9 Å². The number of aromatic amines is 1. The molecule has 3 heteroatoms. The monoisotopic (exact) mass is 144 g/mol. The molecule has 0 bridgehead atoms. The first kappa shape index (κ1) is 7.29. The highest BCUT2D eigenvalue weighted by molar-refractivity contribution is 5.77. The molecule has 0 radical (unpaired) electrons. The summed E-state index contributed by atoms with van der Waals surface area (Å²) in [6.45, 7) is 4.75. The highest BCUT2D eigenvalue weighted by Gasteiger charge is 1.88. The average molecular weight is 144 g/mol. The summed E-state index contributed by atoms with van der Waals surface area (Å²) in [6.07, 6.45) is 1.81. The Morgan fingerprint density at radius 3 is 2.73 bits per heavy atom. The summed E-state index contributed by atoms with van der Waals surface area (Å²) in [4.78, 5) is 0. The fraction of sp³-hybridized carbons (Fsp3) is 0. The van der Waals surface area contributed by atoms with E-state index in [1.165, 1.54) is 0 Å². The van der Waals surface area contributed by atoms with Crippen LogP contribution in [-0.4, -0.2) is 10.2 Å². The van der Waals surface area contributed by atoms with Crippen LogP contribution in [0.15, 0.2) is 30.5 Å². The fourth-order valence-corrected chi connectivity index (χ4v) is 0.883. The number of hydrogen-bond acceptors (Lipinski definition) is 2. The van der Waals surface area contributed by atoms with Crippen molar-refractivity contribution in [3.8, 4) is 0 Å². The topological polar surface area (TPSA) is 52.5 Å². The summed E-state index contributed by atoms with van der Waals surface area (Å²) in [5.41, 5.74) is 1.09. The van der Waals surface area contributed by atoms with Crippen LogP contribution in [0.5, 0.6) is 0 Å². The number of aromatic nitrogens is 2. The van der Waals surface area contributed by atoms with Crippen LogP contribution in [-0.2, 0) is 0 Å². The van der Waals surface area contributed by atoms with Gasteiger partial charge in [-0.15, -0.1) is 0 Å². The lowest BCUT2D eigenvalue weighted by Crippen LogP contribution is -1.63. The molecule has 0 atom stereocenters. The van der Waals surface area contributed by atoms with Gasteiger partial charge in [0, 0.05) is 5.39 Å². The van der Waals surface area contributed by atoms with E-state index in [1.54, 1.807) is 0 Å². The first-order valence-electron chi connectivity index (χ1n) is 3.07. The van der Waals surface area contributed by atoms with Gasteiger partial charge >= 0.3 is 0 Å². The Hall–Kier alpha value is -1.82. The lowest BCUT2D eigenvalue weighted by Gasteiger charge is -1.81. The van der Waals surface area contributed by atoms with Crippen molar-refractivity contribution in [2.24, 2.45) is 0 Å². The molecule has 2 aromatic rings. The summed E-state index contributed by atoms with van der Waals surface area (Å²) in [7, 11) is 0. The first-order valence-corrected chi connectivity index (χ1v) is 3.07. The molecule has 54 valence electrons. The zero-order valence-electron chi connectivity index (χ0n) is 5.78. The summed E-state index contributed by atoms with van der Waals surface area (Å²) < 4.78 is 0. The molecule has 1 aromatic carbocycles. The third-order valence-corrected chi connectivity index (χ3v) is 1.35. The van der Waals surface area contributed by atoms with Crippen LogP contribution in [0.2, 0.25) is 0 Å². The number of fused-ring (bicyclic) bond motifs is 1. The summed E-state index contributed by atoms with van der Waals surface area (Å²) >= 11 is 0. The van der Waals surface area contributed by atoms with Crippen LogP contribution in [0.25, 0.3) is 10.9 Å². The van der Waals surface area contributed by atoms with Crippen LogP contribution in [0.1, 0.15) is 0 Å². The Morgan fingerprint density at radius 1 is 1.27 bits per heavy atom. The van der Waals surface area contributed by atoms with E-state index in [9.17, 15) is 0 Å². The minimum atomic E-state index is 1.09. The van der Waals surface area contributed by atoms with Crippen molar-refractivity contribution in [2.75, 3.05) is 0 Å². The van der Waals surface area contributed by atoms with Crippen LogP contribution >= 0.6 is 0 Å². The molecule has 0 saturated carbocycles. The maximum atomic E-state index is 6.25. The van der Waals surface area contributed by atoms with Gasteiger partial charge in [0.1, 0.15) is 0 Å². The van der Waals surface area contributed by atoms with Crippen LogP contribution in [0.3, 0.4) is 0 Å². The molecule has 0 fully saturated rings. The smallest absolute Gasteiger partial charge is 0.0650 e. The van der Waals surface area contributed by atoms with Crippen molar-refractivity contribution < 1.29 is 0 Å². The molecule has 0 aliphatic rings. The lowest BCUT2D eigenvalue weighted by atomic mass is 10.3. The Labute approximate surface area is 64.3 Å². The van der Waals surface area contributed by atoms with Crippen molar-refractivity contribution in [1.82, 2.24) is 10.2 Å². The molecular weight excluding hydrogens is 138 g/mol. The average Bonchev–Trinajstić information content (AvgIpc) is 2.55. The zero-order chi connectivity index (χ0) is 8.10. The number of hydrogen-bond donors (Lipinski definition) is 1. The summed E-state index contributed by atoms with van der Waals surface area (Å²) in [5, 5.41) is 14.2. The quantitative estimate of drug-likeness (QED) is 0.571. The third kappa shape index (κ3) is 1.36. The van der Waals surface area contributed by atoms with Gasteiger partial charge in [0.2, 0.25) is 0 Å². The van der Waals surface area contributed by atoms with E-state index in [0.29, 0.717) is 0 Å². The first-order chi connectivity index (χ1) is 5.47. The van der Waals surface area contributed by atoms with Crippen molar-refractivity contribution in [2.45, 2.75) is 0 Å². The molecule has 0 spiro atoms. The minimum absolute atomic E-state index is 1.09. The standard InChI is InChI=1S/C7H6N2.CN/c1-2-4-7-6(3-1)5-8-9-7;1-2/h1-5H,(H,8,9);/q;-1. The molecule has 11 heavy (non-hydrogen) atoms. The molecule has 0 aliphatic carbocycles. The highest BCUT2D eigenvalue weighted by Crippen LogP contribution is 2.06. The number of para-hydroxylation sites is 1. The lowest BCUT2D eigenvalue weighted by molar-refractivity contribution is 1.12. The number of nitrogens with one attached hydrogen (secondary N) is 1. The Balaban J connectivity index is 0.000000281. The second-order valence-electron chi connectivity index (χ2n) is 1.96. The van der Waals surface area contributed by atoms with Crippen LogP contribution < -0.4 is 0 Å². The van der Waals surface area contributed by atoms with Crippen molar-refractivity contribution in [3.63, 3.8) is 0 Å². The van der Waals surface area contributed by atoms with Crippen LogP contribution in [0.4, 0.5) is 0 Å². The van der Waals surface area contributed by atoms with Gasteiger partial charge in [-0.1, -0.05) is 18.2 Å². The van der Waals surface area contributed by atoms with E-state index in [-0.39, 0.29) is 0 Å². The molecule has 1 N–H and O–H groups in total. The zero-order valence-corrected chi connectivity index (χ0v) is 5.78. The van der Waals surface area contributed by atoms with E-state index in [0.717, 1.165) is 10.9 Å². The summed E-state index contributed by atoms with van der Waals surface area (Å²) in [5.74, 6) is 0. The summed E-state index contributed by atoms with van der Waals surface area (Å²) in [6, 6.07) is 8.01. The third-order valence-electron chi connectivity index (χ3n) is 1.35. The maximum absolute atomic E-state index is 6.25. The second kappa shape index (κ2) is 3.37. The van der Waals surface area contributed by atoms with Gasteiger partial charge in [-0.05, 0) is 6.07 Å². The van der Waals surface area contributed by atoms with E-state index in [1.807, 2.05) is 30.5 Å². The van der Waals surface area contributed by atoms with Gasteiger partial charge in [0.25, 0.3) is 0 Å². The predicted octanol–water partition coefficient (Wildman–Crippen LogP) is 1.66. The molecule has 1 aromatic heterocycles. The van der Waals surface area contributed by atoms with E-state index in [2.05, 4.69) is 10.2 Å². The predicted molar refractivity (Wildman–Crippen MR) is 41.1 cm³/mol. The Kier molecular flexibility index (Phi) is 2.24. The molecule has 0 amide bonds. The minimum Gasteiger partial charge on any atom is -0.512 e.